The number of nitrogens with zero attached hydrogens (tertiary/aromatic N) is 6. The van der Waals surface area contributed by atoms with Gasteiger partial charge in [0.15, 0.2) is 5.69 Å². The van der Waals surface area contributed by atoms with E-state index < -0.39 is 6.36 Å². The number of anilines is 1. The third-order valence-corrected chi connectivity index (χ3v) is 5.66. The lowest BCUT2D eigenvalue weighted by molar-refractivity contribution is -0.274. The summed E-state index contributed by atoms with van der Waals surface area (Å²) in [5.41, 5.74) is 8.94. The van der Waals surface area contributed by atoms with E-state index in [1.165, 1.54) is 24.3 Å². The Morgan fingerprint density at radius 1 is 1.17 bits per heavy atom. The van der Waals surface area contributed by atoms with E-state index >= 15 is 0 Å². The van der Waals surface area contributed by atoms with E-state index in [2.05, 4.69) is 29.9 Å². The van der Waals surface area contributed by atoms with Crippen molar-refractivity contribution in [3.63, 3.8) is 0 Å². The van der Waals surface area contributed by atoms with Crippen LogP contribution in [0.3, 0.4) is 0 Å². The minimum Gasteiger partial charge on any atom is -0.406 e. The molecule has 1 aliphatic rings. The molecule has 1 saturated heterocycles. The topological polar surface area (TPSA) is 108 Å². The monoisotopic (exact) mass is 485 g/mol. The molecule has 1 aliphatic heterocycles. The summed E-state index contributed by atoms with van der Waals surface area (Å²) in [6.07, 6.45) is -2.02. The zero-order valence-corrected chi connectivity index (χ0v) is 18.7. The van der Waals surface area contributed by atoms with Gasteiger partial charge in [-0.1, -0.05) is 5.16 Å². The molecule has 0 aliphatic carbocycles. The van der Waals surface area contributed by atoms with Gasteiger partial charge in [-0.15, -0.1) is 13.2 Å². The van der Waals surface area contributed by atoms with Crippen molar-refractivity contribution in [2.45, 2.75) is 32.3 Å². The minimum absolute atomic E-state index is 0.168. The van der Waals surface area contributed by atoms with Crippen LogP contribution in [-0.4, -0.2) is 50.4 Å². The molecule has 9 nitrogen and oxygen atoms in total. The van der Waals surface area contributed by atoms with Gasteiger partial charge < -0.3 is 19.9 Å². The molecule has 1 aromatic carbocycles. The summed E-state index contributed by atoms with van der Waals surface area (Å²) in [4.78, 5) is 11.0. The summed E-state index contributed by atoms with van der Waals surface area (Å²) in [6, 6.07) is 11.2. The molecule has 1 unspecified atom stereocenters. The lowest BCUT2D eigenvalue weighted by Gasteiger charge is -2.17. The third-order valence-electron chi connectivity index (χ3n) is 5.66. The van der Waals surface area contributed by atoms with Gasteiger partial charge in [-0.3, -0.25) is 4.68 Å². The molecule has 0 amide bonds. The van der Waals surface area contributed by atoms with Gasteiger partial charge in [0.2, 0.25) is 5.82 Å². The number of benzene rings is 1. The maximum absolute atomic E-state index is 12.4. The maximum Gasteiger partial charge on any atom is 0.573 e. The molecule has 3 aromatic heterocycles. The quantitative estimate of drug-likeness (QED) is 0.440. The molecule has 0 bridgehead atoms. The number of halogens is 3. The highest BCUT2D eigenvalue weighted by atomic mass is 19.4. The number of rotatable bonds is 6. The molecule has 35 heavy (non-hydrogen) atoms. The summed E-state index contributed by atoms with van der Waals surface area (Å²) >= 11 is 0. The van der Waals surface area contributed by atoms with Crippen LogP contribution in [0.25, 0.3) is 23.0 Å². The molecule has 12 heteroatoms. The highest BCUT2D eigenvalue weighted by molar-refractivity contribution is 5.59. The summed E-state index contributed by atoms with van der Waals surface area (Å²) in [6.45, 7) is 4.14. The van der Waals surface area contributed by atoms with Crippen molar-refractivity contribution in [3.05, 3.63) is 59.9 Å². The molecular weight excluding hydrogens is 463 g/mol. The molecule has 0 spiro atoms. The number of aromatic nitrogens is 5. The van der Waals surface area contributed by atoms with E-state index in [0.717, 1.165) is 36.6 Å². The summed E-state index contributed by atoms with van der Waals surface area (Å²) in [5.74, 6) is 1.01. The van der Waals surface area contributed by atoms with Crippen LogP contribution in [0.15, 0.2) is 53.2 Å². The van der Waals surface area contributed by atoms with Gasteiger partial charge in [-0.25, -0.2) is 4.98 Å². The van der Waals surface area contributed by atoms with Crippen molar-refractivity contribution in [1.82, 2.24) is 24.9 Å². The average molecular weight is 485 g/mol. The smallest absolute Gasteiger partial charge is 0.406 e. The van der Waals surface area contributed by atoms with Gasteiger partial charge in [0, 0.05) is 36.6 Å². The molecule has 4 heterocycles. The first kappa shape index (κ1) is 22.8. The molecule has 0 radical (unpaired) electrons. The van der Waals surface area contributed by atoms with E-state index in [1.807, 2.05) is 29.8 Å². The number of aryl methyl sites for hydroxylation is 1. The summed E-state index contributed by atoms with van der Waals surface area (Å²) in [5, 5.41) is 8.53. The first-order chi connectivity index (χ1) is 16.7. The first-order valence-corrected chi connectivity index (χ1v) is 10.9. The molecular formula is C23H22F3N7O2. The van der Waals surface area contributed by atoms with E-state index in [1.54, 1.807) is 6.20 Å². The lowest BCUT2D eigenvalue weighted by Crippen LogP contribution is -2.26. The van der Waals surface area contributed by atoms with Gasteiger partial charge in [-0.2, -0.15) is 10.1 Å². The van der Waals surface area contributed by atoms with E-state index in [4.69, 9.17) is 10.3 Å². The van der Waals surface area contributed by atoms with Crippen molar-refractivity contribution in [3.8, 4) is 28.7 Å². The van der Waals surface area contributed by atoms with E-state index in [-0.39, 0.29) is 23.5 Å². The van der Waals surface area contributed by atoms with Crippen molar-refractivity contribution >= 4 is 5.82 Å². The SMILES string of the molecule is Cc1cc(-c2nc(-c3ccc(OC(F)(F)F)cc3)no2)nn1Cc1ccnc(N2CCC(N)C2)c1. The fraction of sp³-hybridized carbons (Fsp3) is 0.304. The number of alkyl halides is 3. The van der Waals surface area contributed by atoms with Gasteiger partial charge >= 0.3 is 6.36 Å². The largest absolute Gasteiger partial charge is 0.573 e. The molecule has 0 saturated carbocycles. The van der Waals surface area contributed by atoms with Crippen LogP contribution in [0.4, 0.5) is 19.0 Å². The molecule has 4 aromatic rings. The highest BCUT2D eigenvalue weighted by Crippen LogP contribution is 2.27. The highest BCUT2D eigenvalue weighted by Gasteiger charge is 2.31. The first-order valence-electron chi connectivity index (χ1n) is 10.9. The third kappa shape index (κ3) is 5.27. The van der Waals surface area contributed by atoms with Crippen molar-refractivity contribution < 1.29 is 22.4 Å². The lowest BCUT2D eigenvalue weighted by atomic mass is 10.2. The Balaban J connectivity index is 1.31. The Labute approximate surface area is 198 Å². The normalized spacial score (nSPS) is 16.1. The van der Waals surface area contributed by atoms with Crippen molar-refractivity contribution in [2.24, 2.45) is 5.73 Å². The van der Waals surface area contributed by atoms with Gasteiger partial charge in [0.1, 0.15) is 11.6 Å². The van der Waals surface area contributed by atoms with Gasteiger partial charge in [-0.05, 0) is 61.4 Å². The Bertz CT molecular complexity index is 1320. The summed E-state index contributed by atoms with van der Waals surface area (Å²) in [7, 11) is 0. The minimum atomic E-state index is -4.75. The van der Waals surface area contributed by atoms with E-state index in [0.29, 0.717) is 17.8 Å². The Hall–Kier alpha value is -3.93. The average Bonchev–Trinajstić information content (AvgIpc) is 3.54. The maximum atomic E-state index is 12.4. The fourth-order valence-corrected chi connectivity index (χ4v) is 3.93. The summed E-state index contributed by atoms with van der Waals surface area (Å²) < 4.78 is 48.1. The van der Waals surface area contributed by atoms with Gasteiger partial charge in [0.05, 0.1) is 6.54 Å². The number of hydrogen-bond donors (Lipinski definition) is 1. The number of hydrogen-bond acceptors (Lipinski definition) is 8. The Morgan fingerprint density at radius 3 is 2.69 bits per heavy atom. The van der Waals surface area contributed by atoms with Crippen LogP contribution < -0.4 is 15.4 Å². The number of pyridine rings is 1. The van der Waals surface area contributed by atoms with Crippen LogP contribution in [0, 0.1) is 6.92 Å². The Morgan fingerprint density at radius 2 is 1.97 bits per heavy atom. The van der Waals surface area contributed by atoms with Crippen molar-refractivity contribution in [1.29, 1.82) is 0 Å². The van der Waals surface area contributed by atoms with Crippen molar-refractivity contribution in [2.75, 3.05) is 18.0 Å². The Kier molecular flexibility index (Phi) is 5.89. The molecule has 5 rings (SSSR count). The second-order valence-corrected chi connectivity index (χ2v) is 8.34. The second-order valence-electron chi connectivity index (χ2n) is 8.34. The van der Waals surface area contributed by atoms with Crippen LogP contribution in [0.5, 0.6) is 5.75 Å². The van der Waals surface area contributed by atoms with Crippen LogP contribution in [0.2, 0.25) is 0 Å². The molecule has 182 valence electrons. The molecule has 1 fully saturated rings. The molecule has 1 atom stereocenters. The molecule has 2 N–H and O–H groups in total. The zero-order chi connectivity index (χ0) is 24.6. The van der Waals surface area contributed by atoms with E-state index in [9.17, 15) is 13.2 Å². The van der Waals surface area contributed by atoms with Crippen LogP contribution in [-0.2, 0) is 6.54 Å². The van der Waals surface area contributed by atoms with Crippen LogP contribution in [0.1, 0.15) is 17.7 Å². The second kappa shape index (κ2) is 9.02. The van der Waals surface area contributed by atoms with Crippen LogP contribution >= 0.6 is 0 Å². The number of nitrogens with two attached hydrogens (primary N) is 1. The number of ether oxygens (including phenoxy) is 1. The van der Waals surface area contributed by atoms with Gasteiger partial charge in [0.25, 0.3) is 5.89 Å². The standard InChI is InChI=1S/C23H22F3N7O2/c1-14-10-19(22-29-21(31-35-22)16-2-4-18(5-3-16)34-23(24,25)26)30-33(14)12-15-6-8-28-20(11-15)32-9-7-17(27)13-32/h2-6,8,10-11,17H,7,9,12-13,27H2,1H3. The predicted octanol–water partition coefficient (Wildman–Crippen LogP) is 3.79. The fourth-order valence-electron chi connectivity index (χ4n) is 3.93. The zero-order valence-electron chi connectivity index (χ0n) is 18.7. The predicted molar refractivity (Wildman–Crippen MR) is 121 cm³/mol.